The van der Waals surface area contributed by atoms with E-state index in [2.05, 4.69) is 35.0 Å². The van der Waals surface area contributed by atoms with E-state index in [4.69, 9.17) is 4.42 Å². The molecule has 1 aromatic rings. The summed E-state index contributed by atoms with van der Waals surface area (Å²) in [6.07, 6.45) is 5.83. The van der Waals surface area contributed by atoms with Gasteiger partial charge in [0.25, 0.3) is 0 Å². The van der Waals surface area contributed by atoms with Crippen LogP contribution >= 0.6 is 0 Å². The van der Waals surface area contributed by atoms with Gasteiger partial charge in [-0.3, -0.25) is 9.80 Å². The predicted octanol–water partition coefficient (Wildman–Crippen LogP) is 2.45. The molecule has 0 saturated carbocycles. The van der Waals surface area contributed by atoms with Gasteiger partial charge in [0, 0.05) is 37.3 Å². The molecule has 0 aliphatic carbocycles. The van der Waals surface area contributed by atoms with Crippen LogP contribution in [0.4, 0.5) is 0 Å². The number of hydrogen-bond acceptors (Lipinski definition) is 4. The third-order valence-electron chi connectivity index (χ3n) is 4.89. The number of nitrogens with one attached hydrogen (secondary N) is 1. The molecule has 0 radical (unpaired) electrons. The fourth-order valence-electron chi connectivity index (χ4n) is 3.68. The van der Waals surface area contributed by atoms with E-state index >= 15 is 0 Å². The molecule has 3 heterocycles. The molecule has 0 spiro atoms. The fourth-order valence-corrected chi connectivity index (χ4v) is 3.68. The molecule has 2 aliphatic rings. The Balaban J connectivity index is 1.53. The topological polar surface area (TPSA) is 31.7 Å². The predicted molar refractivity (Wildman–Crippen MR) is 85.2 cm³/mol. The minimum atomic E-state index is 0.631. The molecule has 3 rings (SSSR count). The lowest BCUT2D eigenvalue weighted by Gasteiger charge is -2.41. The van der Waals surface area contributed by atoms with Gasteiger partial charge >= 0.3 is 0 Å². The molecule has 1 N–H and O–H groups in total. The molecular weight excluding hydrogens is 262 g/mol. The molecule has 21 heavy (non-hydrogen) atoms. The molecule has 4 heteroatoms. The van der Waals surface area contributed by atoms with E-state index in [-0.39, 0.29) is 0 Å². The second-order valence-electron chi connectivity index (χ2n) is 6.67. The smallest absolute Gasteiger partial charge is 0.118 e. The lowest BCUT2D eigenvalue weighted by atomic mass is 10.1. The number of nitrogens with zero attached hydrogens (tertiary/aromatic N) is 2. The Morgan fingerprint density at radius 3 is 3.14 bits per heavy atom. The van der Waals surface area contributed by atoms with Crippen LogP contribution in [0.1, 0.15) is 44.4 Å². The summed E-state index contributed by atoms with van der Waals surface area (Å²) in [6, 6.07) is 3.63. The van der Waals surface area contributed by atoms with Crippen LogP contribution in [0.2, 0.25) is 0 Å². The van der Waals surface area contributed by atoms with Gasteiger partial charge in [-0.2, -0.15) is 0 Å². The Bertz CT molecular complexity index is 445. The van der Waals surface area contributed by atoms with E-state index in [1.54, 1.807) is 0 Å². The average molecular weight is 291 g/mol. The molecular formula is C17H29N3O. The number of piperazine rings is 1. The van der Waals surface area contributed by atoms with Crippen LogP contribution in [0, 0.1) is 0 Å². The summed E-state index contributed by atoms with van der Waals surface area (Å²) in [5.41, 5.74) is 1.27. The Hall–Kier alpha value is -0.840. The number of furan rings is 1. The van der Waals surface area contributed by atoms with E-state index in [1.807, 2.05) is 6.26 Å². The molecule has 1 aromatic heterocycles. The third-order valence-corrected chi connectivity index (χ3v) is 4.89. The van der Waals surface area contributed by atoms with Crippen molar-refractivity contribution in [1.29, 1.82) is 0 Å². The van der Waals surface area contributed by atoms with Crippen molar-refractivity contribution in [3.8, 4) is 0 Å². The summed E-state index contributed by atoms with van der Waals surface area (Å²) in [6.45, 7) is 11.2. The minimum Gasteiger partial charge on any atom is -0.468 e. The second-order valence-corrected chi connectivity index (χ2v) is 6.67. The average Bonchev–Trinajstić information content (AvgIpc) is 3.09. The normalized spacial score (nSPS) is 27.1. The van der Waals surface area contributed by atoms with Crippen molar-refractivity contribution in [2.45, 2.75) is 58.3 Å². The van der Waals surface area contributed by atoms with Crippen LogP contribution in [0.5, 0.6) is 0 Å². The van der Waals surface area contributed by atoms with Gasteiger partial charge in [0.05, 0.1) is 12.8 Å². The fraction of sp³-hybridized carbons (Fsp3) is 0.765. The van der Waals surface area contributed by atoms with Crippen LogP contribution in [-0.2, 0) is 13.1 Å². The van der Waals surface area contributed by atoms with Gasteiger partial charge in [-0.15, -0.1) is 0 Å². The maximum absolute atomic E-state index is 5.76. The monoisotopic (exact) mass is 291 g/mol. The highest BCUT2D eigenvalue weighted by atomic mass is 16.3. The molecule has 2 saturated heterocycles. The van der Waals surface area contributed by atoms with Crippen LogP contribution in [-0.4, -0.2) is 48.1 Å². The van der Waals surface area contributed by atoms with Crippen molar-refractivity contribution in [2.24, 2.45) is 0 Å². The zero-order valence-corrected chi connectivity index (χ0v) is 13.5. The van der Waals surface area contributed by atoms with Crippen molar-refractivity contribution in [3.63, 3.8) is 0 Å². The molecule has 2 atom stereocenters. The zero-order valence-electron chi connectivity index (χ0n) is 13.5. The van der Waals surface area contributed by atoms with Crippen molar-refractivity contribution in [1.82, 2.24) is 15.1 Å². The molecule has 0 aromatic carbocycles. The SMILES string of the molecule is CCCNCc1coc(CN2CC3CCCN3CC2C)c1. The Labute approximate surface area is 128 Å². The standard InChI is InChI=1S/C17H29N3O/c1-3-6-18-9-15-8-17(21-13-15)12-20-11-16-5-4-7-19(16)10-14(20)2/h8,13-14,16,18H,3-7,9-12H2,1-2H3. The molecule has 0 amide bonds. The first-order valence-corrected chi connectivity index (χ1v) is 8.51. The van der Waals surface area contributed by atoms with E-state index < -0.39 is 0 Å². The van der Waals surface area contributed by atoms with Gasteiger partial charge in [0.15, 0.2) is 0 Å². The van der Waals surface area contributed by atoms with Crippen LogP contribution < -0.4 is 5.32 Å². The molecule has 2 aliphatic heterocycles. The van der Waals surface area contributed by atoms with Crippen LogP contribution in [0.25, 0.3) is 0 Å². The van der Waals surface area contributed by atoms with Gasteiger partial charge in [-0.1, -0.05) is 6.92 Å². The Morgan fingerprint density at radius 1 is 1.38 bits per heavy atom. The van der Waals surface area contributed by atoms with Crippen molar-refractivity contribution >= 4 is 0 Å². The van der Waals surface area contributed by atoms with E-state index in [0.29, 0.717) is 6.04 Å². The van der Waals surface area contributed by atoms with Gasteiger partial charge in [-0.05, 0) is 45.3 Å². The van der Waals surface area contributed by atoms with E-state index in [0.717, 1.165) is 31.4 Å². The molecule has 0 bridgehead atoms. The summed E-state index contributed by atoms with van der Waals surface area (Å²) in [4.78, 5) is 5.26. The summed E-state index contributed by atoms with van der Waals surface area (Å²) >= 11 is 0. The van der Waals surface area contributed by atoms with E-state index in [9.17, 15) is 0 Å². The highest BCUT2D eigenvalue weighted by Gasteiger charge is 2.34. The lowest BCUT2D eigenvalue weighted by Crippen LogP contribution is -2.54. The van der Waals surface area contributed by atoms with Gasteiger partial charge < -0.3 is 9.73 Å². The number of rotatable bonds is 6. The van der Waals surface area contributed by atoms with Crippen LogP contribution in [0.3, 0.4) is 0 Å². The lowest BCUT2D eigenvalue weighted by molar-refractivity contribution is 0.0494. The first-order chi connectivity index (χ1) is 10.3. The highest BCUT2D eigenvalue weighted by molar-refractivity contribution is 5.13. The Kier molecular flexibility index (Phi) is 4.99. The maximum Gasteiger partial charge on any atom is 0.118 e. The van der Waals surface area contributed by atoms with Gasteiger partial charge in [0.1, 0.15) is 5.76 Å². The van der Waals surface area contributed by atoms with Gasteiger partial charge in [0.2, 0.25) is 0 Å². The largest absolute Gasteiger partial charge is 0.468 e. The number of hydrogen-bond donors (Lipinski definition) is 1. The summed E-state index contributed by atoms with van der Waals surface area (Å²) in [5.74, 6) is 1.11. The van der Waals surface area contributed by atoms with Crippen molar-refractivity contribution < 1.29 is 4.42 Å². The number of fused-ring (bicyclic) bond motifs is 1. The first-order valence-electron chi connectivity index (χ1n) is 8.51. The maximum atomic E-state index is 5.76. The Morgan fingerprint density at radius 2 is 2.29 bits per heavy atom. The van der Waals surface area contributed by atoms with E-state index in [1.165, 1.54) is 44.5 Å². The minimum absolute atomic E-state index is 0.631. The van der Waals surface area contributed by atoms with Crippen molar-refractivity contribution in [3.05, 3.63) is 23.7 Å². The quantitative estimate of drug-likeness (QED) is 0.816. The molecule has 4 nitrogen and oxygen atoms in total. The summed E-state index contributed by atoms with van der Waals surface area (Å²) in [7, 11) is 0. The third kappa shape index (κ3) is 3.68. The highest BCUT2D eigenvalue weighted by Crippen LogP contribution is 2.26. The molecule has 2 fully saturated rings. The molecule has 118 valence electrons. The summed E-state index contributed by atoms with van der Waals surface area (Å²) in [5, 5.41) is 3.43. The first kappa shape index (κ1) is 15.1. The van der Waals surface area contributed by atoms with Crippen molar-refractivity contribution in [2.75, 3.05) is 26.2 Å². The van der Waals surface area contributed by atoms with Crippen LogP contribution in [0.15, 0.2) is 16.7 Å². The van der Waals surface area contributed by atoms with Gasteiger partial charge in [-0.25, -0.2) is 0 Å². The molecule has 2 unspecified atom stereocenters. The summed E-state index contributed by atoms with van der Waals surface area (Å²) < 4.78 is 5.76. The zero-order chi connectivity index (χ0) is 14.7. The second kappa shape index (κ2) is 6.95.